The smallest absolute Gasteiger partial charge is 0.295 e. The van der Waals surface area contributed by atoms with Crippen molar-refractivity contribution in [3.8, 4) is 22.3 Å². The van der Waals surface area contributed by atoms with Crippen LogP contribution in [0.15, 0.2) is 195 Å². The molecule has 0 spiro atoms. The summed E-state index contributed by atoms with van der Waals surface area (Å²) in [7, 11) is 0. The van der Waals surface area contributed by atoms with Crippen molar-refractivity contribution in [2.45, 2.75) is 53.1 Å². The van der Waals surface area contributed by atoms with Crippen LogP contribution < -0.4 is 18.3 Å². The predicted octanol–water partition coefficient (Wildman–Crippen LogP) is 9.68. The SMILES string of the molecule is CC(=O)c1ccc(C[n+]2ccc(-c3cc[n+](Cc4ccc(C(C)=O)cc4)cc3)cc2)cc1.CC(=O)c1ccc(C[n+]2ccc(-c3cc[n+](Cc4ccc(C(F)(F)F)cc4)cc3)cc2)cc1. The van der Waals surface area contributed by atoms with Gasteiger partial charge in [0.05, 0.1) is 5.56 Å². The van der Waals surface area contributed by atoms with Crippen LogP contribution >= 0.6 is 0 Å². The zero-order valence-electron chi connectivity index (χ0n) is 36.5. The first-order chi connectivity index (χ1) is 31.2. The molecular formula is C55H49F3N4O3+4. The number of rotatable bonds is 13. The van der Waals surface area contributed by atoms with Crippen LogP contribution in [0.2, 0.25) is 0 Å². The number of hydrogen-bond acceptors (Lipinski definition) is 3. The Bertz CT molecular complexity index is 2760. The zero-order valence-corrected chi connectivity index (χ0v) is 36.5. The van der Waals surface area contributed by atoms with Gasteiger partial charge in [0.15, 0.2) is 93.1 Å². The monoisotopic (exact) mass is 870 g/mol. The first-order valence-electron chi connectivity index (χ1n) is 21.2. The Kier molecular flexibility index (Phi) is 14.4. The molecule has 0 unspecified atom stereocenters. The highest BCUT2D eigenvalue weighted by Gasteiger charge is 2.30. The topological polar surface area (TPSA) is 66.7 Å². The van der Waals surface area contributed by atoms with Crippen molar-refractivity contribution in [2.75, 3.05) is 0 Å². The van der Waals surface area contributed by atoms with Crippen LogP contribution in [0.4, 0.5) is 13.2 Å². The summed E-state index contributed by atoms with van der Waals surface area (Å²) in [5.74, 6) is 0.231. The van der Waals surface area contributed by atoms with Crippen molar-refractivity contribution in [3.05, 3.63) is 240 Å². The van der Waals surface area contributed by atoms with Crippen molar-refractivity contribution >= 4 is 17.3 Å². The summed E-state index contributed by atoms with van der Waals surface area (Å²) >= 11 is 0. The Labute approximate surface area is 377 Å². The van der Waals surface area contributed by atoms with Crippen LogP contribution in [-0.4, -0.2) is 17.3 Å². The van der Waals surface area contributed by atoms with Gasteiger partial charge in [0.2, 0.25) is 0 Å². The molecule has 8 rings (SSSR count). The molecule has 8 aromatic rings. The lowest BCUT2D eigenvalue weighted by Crippen LogP contribution is -2.33. The second-order valence-electron chi connectivity index (χ2n) is 16.0. The summed E-state index contributed by atoms with van der Waals surface area (Å²) in [5.41, 5.74) is 10.2. The molecule has 0 aliphatic carbocycles. The molecule has 0 atom stereocenters. The fourth-order valence-corrected chi connectivity index (χ4v) is 7.20. The normalized spacial score (nSPS) is 11.0. The predicted molar refractivity (Wildman–Crippen MR) is 242 cm³/mol. The first kappa shape index (κ1) is 45.3. The van der Waals surface area contributed by atoms with Gasteiger partial charge in [0.25, 0.3) is 0 Å². The van der Waals surface area contributed by atoms with Crippen molar-refractivity contribution in [1.82, 2.24) is 0 Å². The van der Waals surface area contributed by atoms with E-state index in [9.17, 15) is 27.6 Å². The number of aromatic nitrogens is 4. The fourth-order valence-electron chi connectivity index (χ4n) is 7.20. The molecule has 0 fully saturated rings. The third-order valence-corrected chi connectivity index (χ3v) is 11.1. The maximum Gasteiger partial charge on any atom is 0.416 e. The maximum atomic E-state index is 12.7. The van der Waals surface area contributed by atoms with Crippen LogP contribution in [0.25, 0.3) is 22.3 Å². The van der Waals surface area contributed by atoms with E-state index < -0.39 is 11.7 Å². The van der Waals surface area contributed by atoms with Crippen molar-refractivity contribution < 1.29 is 45.8 Å². The van der Waals surface area contributed by atoms with E-state index in [0.717, 1.165) is 80.9 Å². The van der Waals surface area contributed by atoms with Crippen LogP contribution in [0, 0.1) is 0 Å². The molecule has 7 nitrogen and oxygen atoms in total. The second kappa shape index (κ2) is 20.6. The van der Waals surface area contributed by atoms with E-state index in [1.54, 1.807) is 20.8 Å². The molecular weight excluding hydrogens is 822 g/mol. The van der Waals surface area contributed by atoms with E-state index in [2.05, 4.69) is 62.8 Å². The van der Waals surface area contributed by atoms with Gasteiger partial charge in [-0.1, -0.05) is 84.9 Å². The van der Waals surface area contributed by atoms with Gasteiger partial charge < -0.3 is 0 Å². The summed E-state index contributed by atoms with van der Waals surface area (Å²) in [5, 5.41) is 0. The lowest BCUT2D eigenvalue weighted by molar-refractivity contribution is -0.688. The first-order valence-corrected chi connectivity index (χ1v) is 21.2. The fraction of sp³-hybridized carbons (Fsp3) is 0.145. The average Bonchev–Trinajstić information content (AvgIpc) is 3.31. The minimum absolute atomic E-state index is 0.0575. The van der Waals surface area contributed by atoms with Crippen LogP contribution in [0.1, 0.15) is 79.7 Å². The van der Waals surface area contributed by atoms with Crippen LogP contribution in [0.5, 0.6) is 0 Å². The number of ketones is 3. The minimum Gasteiger partial charge on any atom is -0.295 e. The van der Waals surface area contributed by atoms with E-state index >= 15 is 0 Å². The molecule has 65 heavy (non-hydrogen) atoms. The molecule has 0 saturated heterocycles. The summed E-state index contributed by atoms with van der Waals surface area (Å²) in [4.78, 5) is 34.2. The van der Waals surface area contributed by atoms with E-state index in [1.165, 1.54) is 12.1 Å². The van der Waals surface area contributed by atoms with Gasteiger partial charge >= 0.3 is 6.18 Å². The summed E-state index contributed by atoms with van der Waals surface area (Å²) < 4.78 is 46.4. The number of alkyl halides is 3. The van der Waals surface area contributed by atoms with Crippen molar-refractivity contribution in [2.24, 2.45) is 0 Å². The highest BCUT2D eigenvalue weighted by atomic mass is 19.4. The minimum atomic E-state index is -4.32. The molecule has 324 valence electrons. The van der Waals surface area contributed by atoms with Gasteiger partial charge in [-0.3, -0.25) is 14.4 Å². The molecule has 0 saturated carbocycles. The number of hydrogen-bond donors (Lipinski definition) is 0. The second-order valence-corrected chi connectivity index (χ2v) is 16.0. The van der Waals surface area contributed by atoms with Gasteiger partial charge in [-0.05, 0) is 55.2 Å². The number of benzene rings is 4. The molecule has 4 aromatic heterocycles. The average molecular weight is 871 g/mol. The zero-order chi connectivity index (χ0) is 45.9. The van der Waals surface area contributed by atoms with Gasteiger partial charge in [-0.25, -0.2) is 18.3 Å². The number of carbonyl (C=O) groups excluding carboxylic acids is 3. The Hall–Kier alpha value is -7.72. The number of carbonyl (C=O) groups is 3. The van der Waals surface area contributed by atoms with Crippen molar-refractivity contribution in [1.29, 1.82) is 0 Å². The molecule has 10 heteroatoms. The number of nitrogens with zero attached hydrogens (tertiary/aromatic N) is 4. The number of Topliss-reactive ketones (excluding diaryl/α,β-unsaturated/α-hetero) is 3. The Morgan fingerprint density at radius 2 is 0.538 bits per heavy atom. The highest BCUT2D eigenvalue weighted by Crippen LogP contribution is 2.29. The molecule has 4 aromatic carbocycles. The maximum absolute atomic E-state index is 12.7. The van der Waals surface area contributed by atoms with Crippen LogP contribution in [0.3, 0.4) is 0 Å². The van der Waals surface area contributed by atoms with E-state index in [1.807, 2.05) is 126 Å². The Morgan fingerprint density at radius 1 is 0.338 bits per heavy atom. The summed E-state index contributed by atoms with van der Waals surface area (Å²) in [6, 6.07) is 44.9. The number of pyridine rings is 4. The lowest BCUT2D eigenvalue weighted by Gasteiger charge is -2.06. The van der Waals surface area contributed by atoms with Gasteiger partial charge in [0.1, 0.15) is 0 Å². The molecule has 0 bridgehead atoms. The molecule has 0 amide bonds. The van der Waals surface area contributed by atoms with E-state index in [0.29, 0.717) is 18.7 Å². The van der Waals surface area contributed by atoms with E-state index in [-0.39, 0.29) is 17.3 Å². The molecule has 0 N–H and O–H groups in total. The largest absolute Gasteiger partial charge is 0.416 e. The standard InChI is InChI=1S/C28H26N2O2.C27H23F3N2O/c1-21(31)25-7-3-23(4-8-25)19-29-15-11-27(12-16-29)28-13-17-30(18-14-28)20-24-5-9-26(10-6-24)22(2)32;1-20(33)23-6-2-21(3-7-23)18-31-14-10-24(11-15-31)25-12-16-32(17-13-25)19-22-4-8-26(9-5-22)27(28,29)30/h3-18H,19-20H2,1-2H3;2-17H,18-19H2,1H3/q2*+2. The molecule has 4 heterocycles. The molecule has 0 aliphatic heterocycles. The van der Waals surface area contributed by atoms with E-state index in [4.69, 9.17) is 0 Å². The third kappa shape index (κ3) is 12.7. The summed E-state index contributed by atoms with van der Waals surface area (Å²) in [6.07, 6.45) is 11.8. The summed E-state index contributed by atoms with van der Waals surface area (Å²) in [6.45, 7) is 7.45. The van der Waals surface area contributed by atoms with Crippen LogP contribution in [-0.2, 0) is 32.4 Å². The van der Waals surface area contributed by atoms with Gasteiger partial charge in [0, 0.05) is 87.5 Å². The Morgan fingerprint density at radius 3 is 0.723 bits per heavy atom. The molecule has 0 radical (unpaired) electrons. The quantitative estimate of drug-likeness (QED) is 0.0857. The Balaban J connectivity index is 0.000000194. The van der Waals surface area contributed by atoms with Gasteiger partial charge in [-0.15, -0.1) is 0 Å². The number of halogens is 3. The van der Waals surface area contributed by atoms with Gasteiger partial charge in [-0.2, -0.15) is 13.2 Å². The lowest BCUT2D eigenvalue weighted by atomic mass is 10.1. The van der Waals surface area contributed by atoms with Crippen molar-refractivity contribution in [3.63, 3.8) is 0 Å². The highest BCUT2D eigenvalue weighted by molar-refractivity contribution is 5.95. The third-order valence-electron chi connectivity index (χ3n) is 11.1. The molecule has 0 aliphatic rings.